The van der Waals surface area contributed by atoms with Gasteiger partial charge in [0.15, 0.2) is 0 Å². The highest BCUT2D eigenvalue weighted by atomic mass is 35.5. The molecule has 0 bridgehead atoms. The fraction of sp³-hybridized carbons (Fsp3) is 0. The summed E-state index contributed by atoms with van der Waals surface area (Å²) in [5.74, 6) is 0.344. The van der Waals surface area contributed by atoms with Crippen LogP contribution in [0.2, 0.25) is 5.02 Å². The molecule has 3 nitrogen and oxygen atoms in total. The first-order valence-electron chi connectivity index (χ1n) is 5.77. The number of benzene rings is 2. The molecule has 4 heteroatoms. The SMILES string of the molecule is O=C1NC(c2cccc(Cl)c2)=COc2ccccc21. The third-order valence-electron chi connectivity index (χ3n) is 2.82. The molecule has 1 N–H and O–H groups in total. The summed E-state index contributed by atoms with van der Waals surface area (Å²) in [6.07, 6.45) is 1.52. The van der Waals surface area contributed by atoms with Crippen molar-refractivity contribution in [3.05, 3.63) is 70.9 Å². The zero-order valence-corrected chi connectivity index (χ0v) is 10.6. The lowest BCUT2D eigenvalue weighted by Crippen LogP contribution is -2.20. The van der Waals surface area contributed by atoms with Gasteiger partial charge in [0.25, 0.3) is 5.91 Å². The van der Waals surface area contributed by atoms with Gasteiger partial charge in [0.1, 0.15) is 12.0 Å². The number of rotatable bonds is 1. The van der Waals surface area contributed by atoms with Crippen LogP contribution in [0.5, 0.6) is 5.75 Å². The van der Waals surface area contributed by atoms with Gasteiger partial charge >= 0.3 is 0 Å². The van der Waals surface area contributed by atoms with E-state index in [0.717, 1.165) is 5.56 Å². The van der Waals surface area contributed by atoms with Crippen LogP contribution in [0.25, 0.3) is 5.70 Å². The third kappa shape index (κ3) is 2.33. The van der Waals surface area contributed by atoms with Crippen molar-refractivity contribution in [1.29, 1.82) is 0 Å². The summed E-state index contributed by atoms with van der Waals surface area (Å²) < 4.78 is 5.54. The van der Waals surface area contributed by atoms with Crippen molar-refractivity contribution in [2.24, 2.45) is 0 Å². The van der Waals surface area contributed by atoms with E-state index in [0.29, 0.717) is 22.0 Å². The van der Waals surface area contributed by atoms with Gasteiger partial charge in [-0.2, -0.15) is 0 Å². The molecule has 0 fully saturated rings. The summed E-state index contributed by atoms with van der Waals surface area (Å²) in [5, 5.41) is 3.42. The van der Waals surface area contributed by atoms with Gasteiger partial charge in [-0.15, -0.1) is 0 Å². The van der Waals surface area contributed by atoms with E-state index in [9.17, 15) is 4.79 Å². The molecule has 2 aromatic carbocycles. The second-order valence-corrected chi connectivity index (χ2v) is 4.55. The quantitative estimate of drug-likeness (QED) is 0.863. The van der Waals surface area contributed by atoms with Gasteiger partial charge in [-0.3, -0.25) is 4.79 Å². The van der Waals surface area contributed by atoms with Crippen molar-refractivity contribution in [2.75, 3.05) is 0 Å². The molecule has 0 radical (unpaired) electrons. The summed E-state index contributed by atoms with van der Waals surface area (Å²) in [6, 6.07) is 14.3. The van der Waals surface area contributed by atoms with Crippen LogP contribution >= 0.6 is 11.6 Å². The topological polar surface area (TPSA) is 38.3 Å². The minimum absolute atomic E-state index is 0.195. The smallest absolute Gasteiger partial charge is 0.259 e. The van der Waals surface area contributed by atoms with E-state index < -0.39 is 0 Å². The zero-order valence-electron chi connectivity index (χ0n) is 9.89. The summed E-state index contributed by atoms with van der Waals surface area (Å²) >= 11 is 5.95. The Morgan fingerprint density at radius 1 is 1.05 bits per heavy atom. The van der Waals surface area contributed by atoms with Gasteiger partial charge in [-0.25, -0.2) is 0 Å². The van der Waals surface area contributed by atoms with Crippen LogP contribution in [0, 0.1) is 0 Å². The highest BCUT2D eigenvalue weighted by Crippen LogP contribution is 2.25. The van der Waals surface area contributed by atoms with E-state index in [-0.39, 0.29) is 5.91 Å². The average Bonchev–Trinajstić information content (AvgIpc) is 2.59. The number of halogens is 1. The molecule has 1 amide bonds. The van der Waals surface area contributed by atoms with Crippen LogP contribution in [0.1, 0.15) is 15.9 Å². The maximum atomic E-state index is 12.1. The van der Waals surface area contributed by atoms with E-state index in [2.05, 4.69) is 5.32 Å². The minimum atomic E-state index is -0.195. The van der Waals surface area contributed by atoms with Gasteiger partial charge in [0, 0.05) is 10.6 Å². The van der Waals surface area contributed by atoms with E-state index in [1.54, 1.807) is 30.3 Å². The largest absolute Gasteiger partial charge is 0.462 e. The predicted molar refractivity (Wildman–Crippen MR) is 74.0 cm³/mol. The standard InChI is InChI=1S/C15H10ClNO2/c16-11-5-3-4-10(8-11)13-9-19-14-7-2-1-6-12(14)15(18)17-13/h1-9H,(H,17,18). The summed E-state index contributed by atoms with van der Waals surface area (Å²) in [5.41, 5.74) is 1.90. The van der Waals surface area contributed by atoms with E-state index in [4.69, 9.17) is 16.3 Å². The molecule has 0 spiro atoms. The normalized spacial score (nSPS) is 13.7. The Hall–Kier alpha value is -2.26. The van der Waals surface area contributed by atoms with Crippen molar-refractivity contribution in [2.45, 2.75) is 0 Å². The van der Waals surface area contributed by atoms with Crippen molar-refractivity contribution in [3.63, 3.8) is 0 Å². The van der Waals surface area contributed by atoms with E-state index in [1.807, 2.05) is 18.2 Å². The van der Waals surface area contributed by atoms with Crippen molar-refractivity contribution >= 4 is 23.2 Å². The minimum Gasteiger partial charge on any atom is -0.462 e. The van der Waals surface area contributed by atoms with Crippen molar-refractivity contribution in [3.8, 4) is 5.75 Å². The molecule has 1 heterocycles. The number of fused-ring (bicyclic) bond motifs is 1. The van der Waals surface area contributed by atoms with Gasteiger partial charge in [0.05, 0.1) is 11.3 Å². The Labute approximate surface area is 115 Å². The van der Waals surface area contributed by atoms with Gasteiger partial charge < -0.3 is 10.1 Å². The lowest BCUT2D eigenvalue weighted by molar-refractivity contribution is 0.0973. The number of ether oxygens (including phenoxy) is 1. The first kappa shape index (κ1) is 11.8. The average molecular weight is 272 g/mol. The lowest BCUT2D eigenvalue weighted by atomic mass is 10.1. The number of para-hydroxylation sites is 1. The molecule has 0 saturated carbocycles. The molecular formula is C15H10ClNO2. The molecule has 0 atom stereocenters. The molecule has 3 rings (SSSR count). The maximum Gasteiger partial charge on any atom is 0.259 e. The highest BCUT2D eigenvalue weighted by molar-refractivity contribution is 6.30. The number of hydrogen-bond acceptors (Lipinski definition) is 2. The third-order valence-corrected chi connectivity index (χ3v) is 3.05. The Kier molecular flexibility index (Phi) is 2.97. The second kappa shape index (κ2) is 4.78. The van der Waals surface area contributed by atoms with Crippen LogP contribution in [0.3, 0.4) is 0 Å². The molecule has 0 aromatic heterocycles. The second-order valence-electron chi connectivity index (χ2n) is 4.11. The predicted octanol–water partition coefficient (Wildman–Crippen LogP) is 3.46. The first-order chi connectivity index (χ1) is 9.24. The maximum absolute atomic E-state index is 12.1. The Balaban J connectivity index is 2.00. The van der Waals surface area contributed by atoms with E-state index in [1.165, 1.54) is 6.26 Å². The monoisotopic (exact) mass is 271 g/mol. The summed E-state index contributed by atoms with van der Waals surface area (Å²) in [4.78, 5) is 12.1. The van der Waals surface area contributed by atoms with Crippen LogP contribution < -0.4 is 10.1 Å². The first-order valence-corrected chi connectivity index (χ1v) is 6.15. The molecule has 2 aromatic rings. The van der Waals surface area contributed by atoms with Crippen molar-refractivity contribution < 1.29 is 9.53 Å². The Bertz CT molecular complexity index is 679. The molecular weight excluding hydrogens is 262 g/mol. The lowest BCUT2D eigenvalue weighted by Gasteiger charge is -2.06. The van der Waals surface area contributed by atoms with Gasteiger partial charge in [-0.05, 0) is 24.3 Å². The van der Waals surface area contributed by atoms with Gasteiger partial charge in [0.2, 0.25) is 0 Å². The number of amides is 1. The van der Waals surface area contributed by atoms with Crippen LogP contribution in [-0.2, 0) is 0 Å². The van der Waals surface area contributed by atoms with Crippen molar-refractivity contribution in [1.82, 2.24) is 5.32 Å². The summed E-state index contributed by atoms with van der Waals surface area (Å²) in [6.45, 7) is 0. The molecule has 0 unspecified atom stereocenters. The molecule has 0 saturated heterocycles. The van der Waals surface area contributed by atoms with Crippen LogP contribution in [-0.4, -0.2) is 5.91 Å². The molecule has 1 aliphatic heterocycles. The Morgan fingerprint density at radius 3 is 2.74 bits per heavy atom. The summed E-state index contributed by atoms with van der Waals surface area (Å²) in [7, 11) is 0. The zero-order chi connectivity index (χ0) is 13.2. The van der Waals surface area contributed by atoms with E-state index >= 15 is 0 Å². The number of nitrogens with one attached hydrogen (secondary N) is 1. The molecule has 94 valence electrons. The number of carbonyl (C=O) groups excluding carboxylic acids is 1. The molecule has 19 heavy (non-hydrogen) atoms. The highest BCUT2D eigenvalue weighted by Gasteiger charge is 2.17. The van der Waals surface area contributed by atoms with Crippen LogP contribution in [0.4, 0.5) is 0 Å². The molecule has 0 aliphatic carbocycles. The molecule has 1 aliphatic rings. The van der Waals surface area contributed by atoms with Crippen LogP contribution in [0.15, 0.2) is 54.8 Å². The Morgan fingerprint density at radius 2 is 1.89 bits per heavy atom. The number of hydrogen-bond donors (Lipinski definition) is 1. The fourth-order valence-corrected chi connectivity index (χ4v) is 2.09. The number of carbonyl (C=O) groups is 1. The fourth-order valence-electron chi connectivity index (χ4n) is 1.89. The van der Waals surface area contributed by atoms with Gasteiger partial charge in [-0.1, -0.05) is 35.9 Å².